The van der Waals surface area contributed by atoms with Crippen molar-refractivity contribution in [3.05, 3.63) is 54.1 Å². The first kappa shape index (κ1) is 20.6. The van der Waals surface area contributed by atoms with Crippen LogP contribution in [0.25, 0.3) is 0 Å². The van der Waals surface area contributed by atoms with Crippen LogP contribution < -0.4 is 11.1 Å². The summed E-state index contributed by atoms with van der Waals surface area (Å²) in [5.41, 5.74) is 7.90. The molecule has 7 heteroatoms. The molecule has 2 atom stereocenters. The Balaban J connectivity index is 1.80. The fraction of sp³-hybridized carbons (Fsp3) is 0.450. The highest BCUT2D eigenvalue weighted by atomic mass is 16.5. The van der Waals surface area contributed by atoms with Gasteiger partial charge in [-0.1, -0.05) is 37.3 Å². The number of aromatic nitrogens is 2. The van der Waals surface area contributed by atoms with Crippen LogP contribution in [0.1, 0.15) is 32.0 Å². The van der Waals surface area contributed by atoms with Crippen LogP contribution in [0.3, 0.4) is 0 Å². The average Bonchev–Trinajstić information content (AvgIpc) is 3.06. The van der Waals surface area contributed by atoms with E-state index < -0.39 is 12.0 Å². The molecule has 1 unspecified atom stereocenters. The van der Waals surface area contributed by atoms with Gasteiger partial charge in [-0.3, -0.25) is 9.59 Å². The molecule has 0 aliphatic carbocycles. The molecular formula is C20H28N4O3. The van der Waals surface area contributed by atoms with E-state index in [-0.39, 0.29) is 24.5 Å². The van der Waals surface area contributed by atoms with E-state index in [2.05, 4.69) is 10.3 Å². The van der Waals surface area contributed by atoms with Crippen LogP contribution in [0, 0.1) is 5.92 Å². The standard InChI is InChI=1S/C20H28N4O3/c1-14(2)27-20(26)15(3)10-22-19(25)18(21)9-17-12-24(13-23-17)11-16-7-5-4-6-8-16/h4-8,12-15,18H,9-11,21H2,1-3H3,(H,22,25)/t15?,18-/m0/s1. The average molecular weight is 372 g/mol. The first-order chi connectivity index (χ1) is 12.8. The van der Waals surface area contributed by atoms with Crippen molar-refractivity contribution in [3.63, 3.8) is 0 Å². The number of hydrogen-bond acceptors (Lipinski definition) is 5. The van der Waals surface area contributed by atoms with E-state index in [1.165, 1.54) is 5.56 Å². The minimum absolute atomic E-state index is 0.177. The van der Waals surface area contributed by atoms with Gasteiger partial charge in [-0.05, 0) is 19.4 Å². The molecule has 0 saturated heterocycles. The smallest absolute Gasteiger partial charge is 0.310 e. The number of hydrogen-bond donors (Lipinski definition) is 2. The number of nitrogens with zero attached hydrogens (tertiary/aromatic N) is 2. The maximum absolute atomic E-state index is 12.2. The summed E-state index contributed by atoms with van der Waals surface area (Å²) in [5.74, 6) is -1.07. The summed E-state index contributed by atoms with van der Waals surface area (Å²) >= 11 is 0. The van der Waals surface area contributed by atoms with Crippen LogP contribution in [0.4, 0.5) is 0 Å². The van der Waals surface area contributed by atoms with Crippen LogP contribution in [0.15, 0.2) is 42.9 Å². The molecule has 146 valence electrons. The van der Waals surface area contributed by atoms with Crippen molar-refractivity contribution in [3.8, 4) is 0 Å². The maximum Gasteiger partial charge on any atom is 0.310 e. The molecular weight excluding hydrogens is 344 g/mol. The Morgan fingerprint density at radius 3 is 2.59 bits per heavy atom. The molecule has 1 aromatic carbocycles. The lowest BCUT2D eigenvalue weighted by Crippen LogP contribution is -2.44. The molecule has 1 heterocycles. The third-order valence-electron chi connectivity index (χ3n) is 4.00. The molecule has 1 amide bonds. The number of rotatable bonds is 9. The Labute approximate surface area is 159 Å². The molecule has 0 bridgehead atoms. The zero-order chi connectivity index (χ0) is 19.8. The van der Waals surface area contributed by atoms with Crippen LogP contribution in [-0.4, -0.2) is 40.1 Å². The van der Waals surface area contributed by atoms with Crippen molar-refractivity contribution in [2.24, 2.45) is 11.7 Å². The van der Waals surface area contributed by atoms with E-state index >= 15 is 0 Å². The van der Waals surface area contributed by atoms with Crippen molar-refractivity contribution >= 4 is 11.9 Å². The Hall–Kier alpha value is -2.67. The first-order valence-corrected chi connectivity index (χ1v) is 9.13. The van der Waals surface area contributed by atoms with E-state index in [0.717, 1.165) is 5.69 Å². The van der Waals surface area contributed by atoms with Crippen molar-refractivity contribution in [1.29, 1.82) is 0 Å². The summed E-state index contributed by atoms with van der Waals surface area (Å²) in [4.78, 5) is 28.3. The monoisotopic (exact) mass is 372 g/mol. The van der Waals surface area contributed by atoms with Gasteiger partial charge in [-0.2, -0.15) is 0 Å². The number of nitrogens with two attached hydrogens (primary N) is 1. The largest absolute Gasteiger partial charge is 0.463 e. The highest BCUT2D eigenvalue weighted by molar-refractivity contribution is 5.82. The molecule has 0 radical (unpaired) electrons. The van der Waals surface area contributed by atoms with Gasteiger partial charge in [0, 0.05) is 25.7 Å². The summed E-state index contributed by atoms with van der Waals surface area (Å²) < 4.78 is 7.08. The predicted octanol–water partition coefficient (Wildman–Crippen LogP) is 1.51. The highest BCUT2D eigenvalue weighted by Crippen LogP contribution is 2.06. The lowest BCUT2D eigenvalue weighted by atomic mass is 10.1. The molecule has 7 nitrogen and oxygen atoms in total. The number of amides is 1. The molecule has 0 aliphatic heterocycles. The summed E-state index contributed by atoms with van der Waals surface area (Å²) in [6, 6.07) is 9.33. The highest BCUT2D eigenvalue weighted by Gasteiger charge is 2.20. The number of imidazole rings is 1. The number of carbonyl (C=O) groups excluding carboxylic acids is 2. The Bertz CT molecular complexity index is 743. The van der Waals surface area contributed by atoms with E-state index in [9.17, 15) is 9.59 Å². The topological polar surface area (TPSA) is 99.2 Å². The van der Waals surface area contributed by atoms with Gasteiger partial charge in [0.25, 0.3) is 0 Å². The van der Waals surface area contributed by atoms with Gasteiger partial charge in [-0.25, -0.2) is 4.98 Å². The van der Waals surface area contributed by atoms with Crippen LogP contribution in [0.5, 0.6) is 0 Å². The van der Waals surface area contributed by atoms with Crippen LogP contribution in [-0.2, 0) is 27.3 Å². The summed E-state index contributed by atoms with van der Waals surface area (Å²) in [6.45, 7) is 6.19. The second-order valence-corrected chi connectivity index (χ2v) is 6.97. The Morgan fingerprint density at radius 1 is 1.22 bits per heavy atom. The molecule has 1 aromatic heterocycles. The summed E-state index contributed by atoms with van der Waals surface area (Å²) in [6.07, 6.45) is 3.78. The normalized spacial score (nSPS) is 13.2. The van der Waals surface area contributed by atoms with Gasteiger partial charge < -0.3 is 20.4 Å². The van der Waals surface area contributed by atoms with Gasteiger partial charge in [-0.15, -0.1) is 0 Å². The Morgan fingerprint density at radius 2 is 1.93 bits per heavy atom. The van der Waals surface area contributed by atoms with E-state index in [1.807, 2.05) is 41.1 Å². The van der Waals surface area contributed by atoms with Gasteiger partial charge in [0.2, 0.25) is 5.91 Å². The van der Waals surface area contributed by atoms with Crippen LogP contribution >= 0.6 is 0 Å². The van der Waals surface area contributed by atoms with Gasteiger partial charge in [0.05, 0.1) is 30.1 Å². The maximum atomic E-state index is 12.2. The molecule has 0 saturated carbocycles. The number of ether oxygens (including phenoxy) is 1. The molecule has 0 spiro atoms. The SMILES string of the molecule is CC(C)OC(=O)C(C)CNC(=O)[C@@H](N)Cc1cn(Cc2ccccc2)cn1. The van der Waals surface area contributed by atoms with Gasteiger partial charge in [0.15, 0.2) is 0 Å². The molecule has 2 aromatic rings. The zero-order valence-corrected chi connectivity index (χ0v) is 16.1. The molecule has 0 fully saturated rings. The molecule has 2 rings (SSSR count). The third kappa shape index (κ3) is 6.86. The lowest BCUT2D eigenvalue weighted by Gasteiger charge is -2.16. The van der Waals surface area contributed by atoms with Crippen molar-refractivity contribution < 1.29 is 14.3 Å². The first-order valence-electron chi connectivity index (χ1n) is 9.13. The van der Waals surface area contributed by atoms with Gasteiger partial charge in [0.1, 0.15) is 0 Å². The predicted molar refractivity (Wildman–Crippen MR) is 103 cm³/mol. The minimum atomic E-state index is -0.724. The van der Waals surface area contributed by atoms with Crippen LogP contribution in [0.2, 0.25) is 0 Å². The van der Waals surface area contributed by atoms with E-state index in [1.54, 1.807) is 27.1 Å². The van der Waals surface area contributed by atoms with Gasteiger partial charge >= 0.3 is 5.97 Å². The minimum Gasteiger partial charge on any atom is -0.463 e. The number of benzene rings is 1. The Kier molecular flexibility index (Phi) is 7.55. The van der Waals surface area contributed by atoms with E-state index in [0.29, 0.717) is 13.0 Å². The summed E-state index contributed by atoms with van der Waals surface area (Å²) in [7, 11) is 0. The summed E-state index contributed by atoms with van der Waals surface area (Å²) in [5, 5.41) is 2.70. The van der Waals surface area contributed by atoms with Crippen molar-refractivity contribution in [2.45, 2.75) is 45.9 Å². The number of nitrogens with one attached hydrogen (secondary N) is 1. The number of esters is 1. The number of carbonyl (C=O) groups is 2. The quantitative estimate of drug-likeness (QED) is 0.650. The molecule has 0 aliphatic rings. The van der Waals surface area contributed by atoms with Crippen molar-refractivity contribution in [1.82, 2.24) is 14.9 Å². The fourth-order valence-electron chi connectivity index (χ4n) is 2.53. The molecule has 3 N–H and O–H groups in total. The zero-order valence-electron chi connectivity index (χ0n) is 16.1. The second kappa shape index (κ2) is 9.87. The lowest BCUT2D eigenvalue weighted by molar-refractivity contribution is -0.151. The molecule has 27 heavy (non-hydrogen) atoms. The van der Waals surface area contributed by atoms with E-state index in [4.69, 9.17) is 10.5 Å². The third-order valence-corrected chi connectivity index (χ3v) is 4.00. The van der Waals surface area contributed by atoms with Crippen molar-refractivity contribution in [2.75, 3.05) is 6.54 Å². The second-order valence-electron chi connectivity index (χ2n) is 6.97. The fourth-order valence-corrected chi connectivity index (χ4v) is 2.53.